The van der Waals surface area contributed by atoms with Crippen LogP contribution >= 0.6 is 11.8 Å². The molecular weight excluding hydrogens is 206 g/mol. The van der Waals surface area contributed by atoms with Crippen molar-refractivity contribution in [3.8, 4) is 0 Å². The summed E-state index contributed by atoms with van der Waals surface area (Å²) in [5, 5.41) is 0. The predicted octanol–water partition coefficient (Wildman–Crippen LogP) is 1.40. The Morgan fingerprint density at radius 3 is 2.87 bits per heavy atom. The van der Waals surface area contributed by atoms with E-state index in [9.17, 15) is 0 Å². The van der Waals surface area contributed by atoms with Crippen LogP contribution in [0, 0.1) is 6.92 Å². The highest BCUT2D eigenvalue weighted by atomic mass is 32.2. The van der Waals surface area contributed by atoms with Gasteiger partial charge in [0.2, 0.25) is 0 Å². The molecule has 2 rings (SSSR count). The number of nitrogens with two attached hydrogens (primary N) is 1. The summed E-state index contributed by atoms with van der Waals surface area (Å²) in [6.45, 7) is 4.86. The van der Waals surface area contributed by atoms with Crippen molar-refractivity contribution in [3.05, 3.63) is 23.5 Å². The standard InChI is InChI=1S/C11H17N3S/c1-9-6-11(10(7-12)8-13-9)14-2-4-15-5-3-14/h6,8H,2-5,7,12H2,1H3. The predicted molar refractivity (Wildman–Crippen MR) is 66.4 cm³/mol. The number of hydrogen-bond donors (Lipinski definition) is 1. The first-order chi connectivity index (χ1) is 7.31. The second-order valence-corrected chi connectivity index (χ2v) is 4.98. The van der Waals surface area contributed by atoms with Crippen molar-refractivity contribution in [2.24, 2.45) is 5.73 Å². The fourth-order valence-corrected chi connectivity index (χ4v) is 2.73. The Kier molecular flexibility index (Phi) is 3.49. The quantitative estimate of drug-likeness (QED) is 0.823. The fraction of sp³-hybridized carbons (Fsp3) is 0.545. The molecular formula is C11H17N3S. The number of anilines is 1. The van der Waals surface area contributed by atoms with Gasteiger partial charge in [0.25, 0.3) is 0 Å². The summed E-state index contributed by atoms with van der Waals surface area (Å²) in [4.78, 5) is 6.72. The van der Waals surface area contributed by atoms with Crippen LogP contribution in [0.5, 0.6) is 0 Å². The summed E-state index contributed by atoms with van der Waals surface area (Å²) in [6.07, 6.45) is 1.91. The molecule has 0 spiro atoms. The molecule has 2 heterocycles. The van der Waals surface area contributed by atoms with Gasteiger partial charge in [0.15, 0.2) is 0 Å². The van der Waals surface area contributed by atoms with E-state index in [1.165, 1.54) is 17.2 Å². The maximum Gasteiger partial charge on any atom is 0.0446 e. The zero-order chi connectivity index (χ0) is 10.7. The van der Waals surface area contributed by atoms with Crippen molar-refractivity contribution in [2.45, 2.75) is 13.5 Å². The number of thioether (sulfide) groups is 1. The lowest BCUT2D eigenvalue weighted by molar-refractivity contribution is 0.841. The zero-order valence-electron chi connectivity index (χ0n) is 9.07. The highest BCUT2D eigenvalue weighted by Gasteiger charge is 2.14. The van der Waals surface area contributed by atoms with E-state index in [-0.39, 0.29) is 0 Å². The van der Waals surface area contributed by atoms with E-state index in [4.69, 9.17) is 5.73 Å². The number of rotatable bonds is 2. The molecule has 1 fully saturated rings. The third-order valence-electron chi connectivity index (χ3n) is 2.67. The molecule has 0 saturated carbocycles. The first-order valence-electron chi connectivity index (χ1n) is 5.29. The molecule has 2 N–H and O–H groups in total. The van der Waals surface area contributed by atoms with Gasteiger partial charge < -0.3 is 10.6 Å². The number of pyridine rings is 1. The van der Waals surface area contributed by atoms with E-state index >= 15 is 0 Å². The smallest absolute Gasteiger partial charge is 0.0446 e. The Morgan fingerprint density at radius 1 is 1.47 bits per heavy atom. The lowest BCUT2D eigenvalue weighted by Crippen LogP contribution is -2.33. The minimum atomic E-state index is 0.576. The number of aromatic nitrogens is 1. The Labute approximate surface area is 95.1 Å². The maximum atomic E-state index is 5.74. The molecule has 0 aliphatic carbocycles. The third kappa shape index (κ3) is 2.44. The molecule has 0 unspecified atom stereocenters. The number of nitrogens with zero attached hydrogens (tertiary/aromatic N) is 2. The molecule has 4 heteroatoms. The average molecular weight is 223 g/mol. The largest absolute Gasteiger partial charge is 0.370 e. The van der Waals surface area contributed by atoms with Gasteiger partial charge in [-0.3, -0.25) is 4.98 Å². The van der Waals surface area contributed by atoms with Crippen molar-refractivity contribution in [1.82, 2.24) is 4.98 Å². The molecule has 1 aromatic heterocycles. The number of hydrogen-bond acceptors (Lipinski definition) is 4. The maximum absolute atomic E-state index is 5.74. The summed E-state index contributed by atoms with van der Waals surface area (Å²) < 4.78 is 0. The van der Waals surface area contributed by atoms with Crippen molar-refractivity contribution in [1.29, 1.82) is 0 Å². The molecule has 1 aliphatic heterocycles. The van der Waals surface area contributed by atoms with E-state index < -0.39 is 0 Å². The number of aryl methyl sites for hydroxylation is 1. The fourth-order valence-electron chi connectivity index (χ4n) is 1.83. The van der Waals surface area contributed by atoms with E-state index in [1.807, 2.05) is 24.9 Å². The third-order valence-corrected chi connectivity index (χ3v) is 3.61. The van der Waals surface area contributed by atoms with Crippen LogP contribution in [0.4, 0.5) is 5.69 Å². The van der Waals surface area contributed by atoms with Gasteiger partial charge in [-0.2, -0.15) is 11.8 Å². The molecule has 0 atom stereocenters. The summed E-state index contributed by atoms with van der Waals surface area (Å²) in [7, 11) is 0. The van der Waals surface area contributed by atoms with Crippen LogP contribution in [0.3, 0.4) is 0 Å². The van der Waals surface area contributed by atoms with Gasteiger partial charge in [0.05, 0.1) is 0 Å². The summed E-state index contributed by atoms with van der Waals surface area (Å²) in [5.41, 5.74) is 9.25. The average Bonchev–Trinajstić information content (AvgIpc) is 2.30. The van der Waals surface area contributed by atoms with Gasteiger partial charge >= 0.3 is 0 Å². The molecule has 0 bridgehead atoms. The van der Waals surface area contributed by atoms with Crippen molar-refractivity contribution < 1.29 is 0 Å². The summed E-state index contributed by atoms with van der Waals surface area (Å²) in [6, 6.07) is 2.15. The van der Waals surface area contributed by atoms with Gasteiger partial charge in [0.1, 0.15) is 0 Å². The molecule has 82 valence electrons. The molecule has 15 heavy (non-hydrogen) atoms. The van der Waals surface area contributed by atoms with Gasteiger partial charge in [-0.25, -0.2) is 0 Å². The summed E-state index contributed by atoms with van der Waals surface area (Å²) in [5.74, 6) is 2.43. The van der Waals surface area contributed by atoms with Crippen molar-refractivity contribution in [2.75, 3.05) is 29.5 Å². The van der Waals surface area contributed by atoms with E-state index in [0.717, 1.165) is 24.3 Å². The van der Waals surface area contributed by atoms with Crippen molar-refractivity contribution >= 4 is 17.4 Å². The van der Waals surface area contributed by atoms with E-state index in [1.54, 1.807) is 0 Å². The Bertz CT molecular complexity index is 335. The monoisotopic (exact) mass is 223 g/mol. The molecule has 0 amide bonds. The van der Waals surface area contributed by atoms with E-state index in [0.29, 0.717) is 6.54 Å². The van der Waals surface area contributed by atoms with Crippen LogP contribution in [0.2, 0.25) is 0 Å². The molecule has 0 aromatic carbocycles. The van der Waals surface area contributed by atoms with Crippen LogP contribution in [0.15, 0.2) is 12.3 Å². The van der Waals surface area contributed by atoms with Gasteiger partial charge in [-0.15, -0.1) is 0 Å². The zero-order valence-corrected chi connectivity index (χ0v) is 9.89. The Balaban J connectivity index is 2.27. The Morgan fingerprint density at radius 2 is 2.20 bits per heavy atom. The second-order valence-electron chi connectivity index (χ2n) is 3.76. The highest BCUT2D eigenvalue weighted by Crippen LogP contribution is 2.23. The highest BCUT2D eigenvalue weighted by molar-refractivity contribution is 7.99. The van der Waals surface area contributed by atoms with Gasteiger partial charge in [0, 0.05) is 54.3 Å². The molecule has 1 aliphatic rings. The van der Waals surface area contributed by atoms with E-state index in [2.05, 4.69) is 16.0 Å². The van der Waals surface area contributed by atoms with Gasteiger partial charge in [-0.1, -0.05) is 0 Å². The first-order valence-corrected chi connectivity index (χ1v) is 6.45. The first kappa shape index (κ1) is 10.8. The lowest BCUT2D eigenvalue weighted by Gasteiger charge is -2.30. The molecule has 0 radical (unpaired) electrons. The second kappa shape index (κ2) is 4.86. The van der Waals surface area contributed by atoms with Crippen LogP contribution in [-0.4, -0.2) is 29.6 Å². The SMILES string of the molecule is Cc1cc(N2CCSCC2)c(CN)cn1. The van der Waals surface area contributed by atoms with Crippen LogP contribution < -0.4 is 10.6 Å². The lowest BCUT2D eigenvalue weighted by atomic mass is 10.2. The molecule has 3 nitrogen and oxygen atoms in total. The van der Waals surface area contributed by atoms with Crippen LogP contribution in [0.1, 0.15) is 11.3 Å². The minimum absolute atomic E-state index is 0.576. The summed E-state index contributed by atoms with van der Waals surface area (Å²) >= 11 is 2.02. The molecule has 1 aromatic rings. The normalized spacial score (nSPS) is 16.8. The van der Waals surface area contributed by atoms with Crippen LogP contribution in [-0.2, 0) is 6.54 Å². The van der Waals surface area contributed by atoms with Crippen LogP contribution in [0.25, 0.3) is 0 Å². The topological polar surface area (TPSA) is 42.1 Å². The minimum Gasteiger partial charge on any atom is -0.370 e. The van der Waals surface area contributed by atoms with Gasteiger partial charge in [-0.05, 0) is 13.0 Å². The molecule has 1 saturated heterocycles. The van der Waals surface area contributed by atoms with Crippen molar-refractivity contribution in [3.63, 3.8) is 0 Å². The Hall–Kier alpha value is -0.740.